The number of nitrogens with zero attached hydrogens (tertiary/aromatic N) is 1. The maximum atomic E-state index is 5.56. The number of benzene rings is 1. The molecule has 1 aromatic rings. The fourth-order valence-corrected chi connectivity index (χ4v) is 2.17. The molecule has 0 aromatic heterocycles. The number of halogens is 1. The van der Waals surface area contributed by atoms with E-state index in [0.29, 0.717) is 12.4 Å². The number of unbranched alkanes of at least 4 members (excludes halogenated alkanes) is 1. The molecule has 6 nitrogen and oxygen atoms in total. The minimum Gasteiger partial charge on any atom is -0.493 e. The molecule has 0 saturated heterocycles. The first-order valence-electron chi connectivity index (χ1n) is 9.19. The van der Waals surface area contributed by atoms with Crippen LogP contribution in [0, 0.1) is 0 Å². The number of anilines is 1. The maximum Gasteiger partial charge on any atom is 0.195 e. The van der Waals surface area contributed by atoms with Gasteiger partial charge in [0, 0.05) is 38.1 Å². The third-order valence-corrected chi connectivity index (χ3v) is 3.43. The number of ether oxygens (including phenoxy) is 3. The van der Waals surface area contributed by atoms with Gasteiger partial charge < -0.3 is 24.8 Å². The van der Waals surface area contributed by atoms with Gasteiger partial charge in [-0.2, -0.15) is 0 Å². The van der Waals surface area contributed by atoms with E-state index in [1.165, 1.54) is 0 Å². The molecule has 0 radical (unpaired) electrons. The molecule has 7 heteroatoms. The summed E-state index contributed by atoms with van der Waals surface area (Å²) in [6.45, 7) is 9.87. The van der Waals surface area contributed by atoms with Crippen molar-refractivity contribution >= 4 is 35.6 Å². The molecule has 1 aromatic carbocycles. The van der Waals surface area contributed by atoms with Crippen LogP contribution in [0.3, 0.4) is 0 Å². The minimum atomic E-state index is 0. The van der Waals surface area contributed by atoms with Gasteiger partial charge in [0.2, 0.25) is 0 Å². The number of guanidine groups is 1. The van der Waals surface area contributed by atoms with Gasteiger partial charge in [-0.1, -0.05) is 13.3 Å². The first kappa shape index (κ1) is 24.8. The Hall–Kier alpha value is -1.22. The summed E-state index contributed by atoms with van der Waals surface area (Å²) in [5.74, 6) is 2.19. The molecule has 0 saturated carbocycles. The van der Waals surface area contributed by atoms with Gasteiger partial charge in [0.15, 0.2) is 17.5 Å². The lowest BCUT2D eigenvalue weighted by atomic mass is 10.2. The Bertz CT molecular complexity index is 513. The van der Waals surface area contributed by atoms with Crippen molar-refractivity contribution in [3.8, 4) is 11.5 Å². The van der Waals surface area contributed by atoms with Gasteiger partial charge in [-0.3, -0.25) is 4.99 Å². The van der Waals surface area contributed by atoms with Crippen LogP contribution in [-0.2, 0) is 4.74 Å². The highest BCUT2D eigenvalue weighted by Crippen LogP contribution is 2.30. The molecule has 0 atom stereocenters. The molecule has 0 bridgehead atoms. The second-order valence-corrected chi connectivity index (χ2v) is 5.50. The van der Waals surface area contributed by atoms with Crippen LogP contribution in [0.25, 0.3) is 0 Å². The van der Waals surface area contributed by atoms with Crippen LogP contribution >= 0.6 is 24.0 Å². The number of nitrogens with one attached hydrogen (secondary N) is 2. The molecular formula is C19H34IN3O3. The summed E-state index contributed by atoms with van der Waals surface area (Å²) in [5.41, 5.74) is 0.902. The van der Waals surface area contributed by atoms with Crippen molar-refractivity contribution in [2.24, 2.45) is 4.99 Å². The largest absolute Gasteiger partial charge is 0.493 e. The molecule has 0 amide bonds. The quantitative estimate of drug-likeness (QED) is 0.203. The van der Waals surface area contributed by atoms with Gasteiger partial charge in [0.25, 0.3) is 0 Å². The van der Waals surface area contributed by atoms with Crippen LogP contribution in [-0.4, -0.2) is 46.0 Å². The SMILES string of the molecule is CCCCOCCCN=C(NCC)Nc1ccc(OCC)c(OC)c1.I. The van der Waals surface area contributed by atoms with Crippen molar-refractivity contribution in [1.29, 1.82) is 0 Å². The fraction of sp³-hybridized carbons (Fsp3) is 0.632. The predicted octanol–water partition coefficient (Wildman–Crippen LogP) is 4.30. The van der Waals surface area contributed by atoms with E-state index in [2.05, 4.69) is 22.5 Å². The molecule has 0 spiro atoms. The van der Waals surface area contributed by atoms with E-state index in [9.17, 15) is 0 Å². The smallest absolute Gasteiger partial charge is 0.195 e. The normalized spacial score (nSPS) is 10.8. The van der Waals surface area contributed by atoms with Gasteiger partial charge in [0.1, 0.15) is 0 Å². The number of hydrogen-bond acceptors (Lipinski definition) is 4. The molecule has 0 aliphatic carbocycles. The van der Waals surface area contributed by atoms with Crippen LogP contribution in [0.15, 0.2) is 23.2 Å². The molecule has 0 unspecified atom stereocenters. The van der Waals surface area contributed by atoms with Gasteiger partial charge in [-0.25, -0.2) is 0 Å². The number of hydrogen-bond donors (Lipinski definition) is 2. The van der Waals surface area contributed by atoms with Crippen molar-refractivity contribution in [3.63, 3.8) is 0 Å². The van der Waals surface area contributed by atoms with Crippen LogP contribution in [0.4, 0.5) is 5.69 Å². The van der Waals surface area contributed by atoms with Crippen LogP contribution in [0.2, 0.25) is 0 Å². The lowest BCUT2D eigenvalue weighted by molar-refractivity contribution is 0.130. The van der Waals surface area contributed by atoms with Crippen molar-refractivity contribution in [2.75, 3.05) is 45.3 Å². The summed E-state index contributed by atoms with van der Waals surface area (Å²) in [7, 11) is 1.64. The lowest BCUT2D eigenvalue weighted by Crippen LogP contribution is -2.30. The Morgan fingerprint density at radius 2 is 1.85 bits per heavy atom. The molecule has 0 aliphatic rings. The van der Waals surface area contributed by atoms with Crippen LogP contribution in [0.5, 0.6) is 11.5 Å². The van der Waals surface area contributed by atoms with Crippen LogP contribution in [0.1, 0.15) is 40.0 Å². The fourth-order valence-electron chi connectivity index (χ4n) is 2.17. The first-order valence-corrected chi connectivity index (χ1v) is 9.19. The van der Waals surface area contributed by atoms with E-state index in [4.69, 9.17) is 14.2 Å². The van der Waals surface area contributed by atoms with Gasteiger partial charge in [-0.05, 0) is 38.8 Å². The molecule has 0 heterocycles. The monoisotopic (exact) mass is 479 g/mol. The van der Waals surface area contributed by atoms with E-state index < -0.39 is 0 Å². The molecule has 0 aliphatic heterocycles. The third-order valence-electron chi connectivity index (χ3n) is 3.43. The van der Waals surface area contributed by atoms with E-state index in [-0.39, 0.29) is 24.0 Å². The number of aliphatic imine (C=N–C) groups is 1. The summed E-state index contributed by atoms with van der Waals surface area (Å²) < 4.78 is 16.5. The average molecular weight is 479 g/mol. The van der Waals surface area contributed by atoms with Crippen molar-refractivity contribution < 1.29 is 14.2 Å². The summed E-state index contributed by atoms with van der Waals surface area (Å²) in [6, 6.07) is 5.76. The molecule has 150 valence electrons. The Kier molecular flexibility index (Phi) is 15.2. The summed E-state index contributed by atoms with van der Waals surface area (Å²) in [6.07, 6.45) is 3.19. The second kappa shape index (κ2) is 16.0. The second-order valence-electron chi connectivity index (χ2n) is 5.50. The summed E-state index contributed by atoms with van der Waals surface area (Å²) >= 11 is 0. The highest BCUT2D eigenvalue weighted by atomic mass is 127. The summed E-state index contributed by atoms with van der Waals surface area (Å²) in [4.78, 5) is 4.58. The Morgan fingerprint density at radius 1 is 1.08 bits per heavy atom. The van der Waals surface area contributed by atoms with Crippen molar-refractivity contribution in [2.45, 2.75) is 40.0 Å². The lowest BCUT2D eigenvalue weighted by Gasteiger charge is -2.14. The zero-order valence-electron chi connectivity index (χ0n) is 16.5. The molecule has 0 fully saturated rings. The number of methoxy groups -OCH3 is 1. The highest BCUT2D eigenvalue weighted by molar-refractivity contribution is 14.0. The first-order chi connectivity index (χ1) is 12.2. The predicted molar refractivity (Wildman–Crippen MR) is 120 cm³/mol. The van der Waals surface area contributed by atoms with Crippen molar-refractivity contribution in [3.05, 3.63) is 18.2 Å². The zero-order valence-corrected chi connectivity index (χ0v) is 18.8. The minimum absolute atomic E-state index is 0. The third kappa shape index (κ3) is 10.1. The molecular weight excluding hydrogens is 445 g/mol. The van der Waals surface area contributed by atoms with Gasteiger partial charge in [0.05, 0.1) is 13.7 Å². The van der Waals surface area contributed by atoms with E-state index in [0.717, 1.165) is 63.0 Å². The average Bonchev–Trinajstić information content (AvgIpc) is 2.62. The number of rotatable bonds is 12. The van der Waals surface area contributed by atoms with Crippen LogP contribution < -0.4 is 20.1 Å². The maximum absolute atomic E-state index is 5.56. The Morgan fingerprint density at radius 3 is 2.50 bits per heavy atom. The molecule has 2 N–H and O–H groups in total. The highest BCUT2D eigenvalue weighted by Gasteiger charge is 2.06. The molecule has 26 heavy (non-hydrogen) atoms. The summed E-state index contributed by atoms with van der Waals surface area (Å²) in [5, 5.41) is 6.54. The van der Waals surface area contributed by atoms with Crippen molar-refractivity contribution in [1.82, 2.24) is 5.32 Å². The van der Waals surface area contributed by atoms with Gasteiger partial charge >= 0.3 is 0 Å². The Balaban J connectivity index is 0.00000625. The van der Waals surface area contributed by atoms with Gasteiger partial charge in [-0.15, -0.1) is 24.0 Å². The van der Waals surface area contributed by atoms with E-state index >= 15 is 0 Å². The topological polar surface area (TPSA) is 64.1 Å². The zero-order chi connectivity index (χ0) is 18.3. The Labute approximate surface area is 175 Å². The standard InChI is InChI=1S/C19H33N3O3.HI/c1-5-8-13-24-14-9-12-21-19(20-6-2)22-16-10-11-17(25-7-3)18(15-16)23-4;/h10-11,15H,5-9,12-14H2,1-4H3,(H2,20,21,22);1H. The van der Waals surface area contributed by atoms with E-state index in [1.54, 1.807) is 7.11 Å². The molecule has 1 rings (SSSR count). The van der Waals surface area contributed by atoms with E-state index in [1.807, 2.05) is 32.0 Å².